The van der Waals surface area contributed by atoms with E-state index in [-0.39, 0.29) is 18.1 Å². The van der Waals surface area contributed by atoms with Crippen molar-refractivity contribution in [3.63, 3.8) is 0 Å². The van der Waals surface area contributed by atoms with Gasteiger partial charge in [0, 0.05) is 12.3 Å². The molecule has 2 aliphatic rings. The van der Waals surface area contributed by atoms with Crippen LogP contribution in [0.3, 0.4) is 0 Å². The van der Waals surface area contributed by atoms with E-state index in [2.05, 4.69) is 5.32 Å². The monoisotopic (exact) mass is 276 g/mol. The van der Waals surface area contributed by atoms with Crippen molar-refractivity contribution in [3.8, 4) is 5.75 Å². The third kappa shape index (κ3) is 2.58. The Morgan fingerprint density at radius 1 is 1.40 bits per heavy atom. The van der Waals surface area contributed by atoms with Crippen LogP contribution in [0.15, 0.2) is 18.2 Å². The Labute approximate surface area is 118 Å². The number of benzene rings is 1. The van der Waals surface area contributed by atoms with Crippen LogP contribution in [-0.2, 0) is 4.74 Å². The highest BCUT2D eigenvalue weighted by atomic mass is 16.5. The molecule has 1 amide bonds. The van der Waals surface area contributed by atoms with Crippen molar-refractivity contribution >= 4 is 11.6 Å². The molecule has 1 heterocycles. The van der Waals surface area contributed by atoms with E-state index >= 15 is 0 Å². The van der Waals surface area contributed by atoms with Crippen LogP contribution in [0.4, 0.5) is 5.69 Å². The van der Waals surface area contributed by atoms with E-state index in [0.717, 1.165) is 13.0 Å². The molecule has 1 aromatic carbocycles. The molecule has 3 N–H and O–H groups in total. The van der Waals surface area contributed by atoms with Crippen LogP contribution in [0.1, 0.15) is 29.6 Å². The summed E-state index contributed by atoms with van der Waals surface area (Å²) in [4.78, 5) is 12.4. The molecule has 3 rings (SSSR count). The number of anilines is 1. The van der Waals surface area contributed by atoms with Gasteiger partial charge in [-0.15, -0.1) is 0 Å². The third-order valence-corrected chi connectivity index (χ3v) is 4.04. The summed E-state index contributed by atoms with van der Waals surface area (Å²) >= 11 is 0. The van der Waals surface area contributed by atoms with Gasteiger partial charge in [-0.25, -0.2) is 0 Å². The zero-order chi connectivity index (χ0) is 14.1. The van der Waals surface area contributed by atoms with Crippen LogP contribution in [0.2, 0.25) is 0 Å². The van der Waals surface area contributed by atoms with E-state index in [1.807, 2.05) is 0 Å². The lowest BCUT2D eigenvalue weighted by molar-refractivity contribution is 0.0730. The fraction of sp³-hybridized carbons (Fsp3) is 0.533. The number of nitrogens with two attached hydrogens (primary N) is 1. The second-order valence-electron chi connectivity index (χ2n) is 5.49. The molecular weight excluding hydrogens is 256 g/mol. The van der Waals surface area contributed by atoms with Crippen LogP contribution >= 0.6 is 0 Å². The fourth-order valence-corrected chi connectivity index (χ4v) is 2.76. The van der Waals surface area contributed by atoms with Crippen molar-refractivity contribution in [3.05, 3.63) is 23.8 Å². The topological polar surface area (TPSA) is 73.6 Å². The molecule has 20 heavy (non-hydrogen) atoms. The molecule has 5 heteroatoms. The SMILES string of the molecule is COc1ccc(N)c(C(=O)NC2CCOC2C2CC2)c1. The summed E-state index contributed by atoms with van der Waals surface area (Å²) < 4.78 is 10.9. The first-order valence-electron chi connectivity index (χ1n) is 7.05. The van der Waals surface area contributed by atoms with Crippen LogP contribution < -0.4 is 15.8 Å². The molecule has 1 aliphatic heterocycles. The van der Waals surface area contributed by atoms with E-state index in [9.17, 15) is 4.79 Å². The highest BCUT2D eigenvalue weighted by molar-refractivity contribution is 5.99. The molecule has 0 spiro atoms. The van der Waals surface area contributed by atoms with E-state index in [4.69, 9.17) is 15.2 Å². The van der Waals surface area contributed by atoms with Crippen molar-refractivity contribution in [1.82, 2.24) is 5.32 Å². The Balaban J connectivity index is 1.72. The molecule has 0 bridgehead atoms. The minimum atomic E-state index is -0.150. The summed E-state index contributed by atoms with van der Waals surface area (Å²) in [5.41, 5.74) is 6.81. The lowest BCUT2D eigenvalue weighted by Crippen LogP contribution is -2.41. The predicted octanol–water partition coefficient (Wildman–Crippen LogP) is 1.57. The summed E-state index contributed by atoms with van der Waals surface area (Å²) in [7, 11) is 1.57. The summed E-state index contributed by atoms with van der Waals surface area (Å²) in [6.07, 6.45) is 3.46. The largest absolute Gasteiger partial charge is 0.497 e. The number of ether oxygens (including phenoxy) is 2. The molecule has 2 atom stereocenters. The van der Waals surface area contributed by atoms with Crippen LogP contribution in [0, 0.1) is 5.92 Å². The van der Waals surface area contributed by atoms with Crippen molar-refractivity contribution in [2.45, 2.75) is 31.4 Å². The number of hydrogen-bond acceptors (Lipinski definition) is 4. The molecule has 2 fully saturated rings. The number of hydrogen-bond donors (Lipinski definition) is 2. The van der Waals surface area contributed by atoms with Crippen LogP contribution in [-0.4, -0.2) is 31.8 Å². The van der Waals surface area contributed by atoms with Gasteiger partial charge in [-0.2, -0.15) is 0 Å². The minimum absolute atomic E-state index is 0.0978. The normalized spacial score (nSPS) is 25.4. The molecule has 1 saturated heterocycles. The first-order valence-corrected chi connectivity index (χ1v) is 7.05. The molecule has 0 radical (unpaired) electrons. The number of methoxy groups -OCH3 is 1. The zero-order valence-electron chi connectivity index (χ0n) is 11.6. The second-order valence-corrected chi connectivity index (χ2v) is 5.49. The van der Waals surface area contributed by atoms with Gasteiger partial charge in [0.15, 0.2) is 0 Å². The molecule has 108 valence electrons. The standard InChI is InChI=1S/C15H20N2O3/c1-19-10-4-5-12(16)11(8-10)15(18)17-13-6-7-20-14(13)9-2-3-9/h4-5,8-9,13-14H,2-3,6-7,16H2,1H3,(H,17,18). The summed E-state index contributed by atoms with van der Waals surface area (Å²) in [6, 6.07) is 5.21. The Kier molecular flexibility index (Phi) is 3.53. The number of amides is 1. The highest BCUT2D eigenvalue weighted by Gasteiger charge is 2.41. The summed E-state index contributed by atoms with van der Waals surface area (Å²) in [6.45, 7) is 0.722. The first kappa shape index (κ1) is 13.2. The predicted molar refractivity (Wildman–Crippen MR) is 75.7 cm³/mol. The van der Waals surface area contributed by atoms with Gasteiger partial charge in [-0.3, -0.25) is 4.79 Å². The lowest BCUT2D eigenvalue weighted by Gasteiger charge is -2.20. The molecular formula is C15H20N2O3. The van der Waals surface area contributed by atoms with Crippen LogP contribution in [0.25, 0.3) is 0 Å². The summed E-state index contributed by atoms with van der Waals surface area (Å²) in [5.74, 6) is 1.10. The van der Waals surface area contributed by atoms with E-state index in [0.29, 0.717) is 22.9 Å². The molecule has 0 aromatic heterocycles. The van der Waals surface area contributed by atoms with Crippen molar-refractivity contribution in [2.24, 2.45) is 5.92 Å². The van der Waals surface area contributed by atoms with Gasteiger partial charge in [0.1, 0.15) is 5.75 Å². The van der Waals surface area contributed by atoms with E-state index in [1.54, 1.807) is 25.3 Å². The minimum Gasteiger partial charge on any atom is -0.497 e. The van der Waals surface area contributed by atoms with E-state index < -0.39 is 0 Å². The molecule has 1 saturated carbocycles. The van der Waals surface area contributed by atoms with Gasteiger partial charge >= 0.3 is 0 Å². The Bertz CT molecular complexity index is 514. The van der Waals surface area contributed by atoms with Gasteiger partial charge in [0.05, 0.1) is 24.8 Å². The van der Waals surface area contributed by atoms with E-state index in [1.165, 1.54) is 12.8 Å². The number of nitrogen functional groups attached to an aromatic ring is 1. The molecule has 2 unspecified atom stereocenters. The quantitative estimate of drug-likeness (QED) is 0.819. The fourth-order valence-electron chi connectivity index (χ4n) is 2.76. The first-order chi connectivity index (χ1) is 9.69. The third-order valence-electron chi connectivity index (χ3n) is 4.04. The van der Waals surface area contributed by atoms with Crippen LogP contribution in [0.5, 0.6) is 5.75 Å². The smallest absolute Gasteiger partial charge is 0.253 e. The van der Waals surface area contributed by atoms with Gasteiger partial charge in [-0.1, -0.05) is 0 Å². The molecule has 5 nitrogen and oxygen atoms in total. The number of carbonyl (C=O) groups excluding carboxylic acids is 1. The van der Waals surface area contributed by atoms with Gasteiger partial charge < -0.3 is 20.5 Å². The number of carbonyl (C=O) groups is 1. The molecule has 1 aromatic rings. The average Bonchev–Trinajstić information content (AvgIpc) is 3.20. The second kappa shape index (κ2) is 5.32. The summed E-state index contributed by atoms with van der Waals surface area (Å²) in [5, 5.41) is 3.06. The zero-order valence-corrected chi connectivity index (χ0v) is 11.6. The Hall–Kier alpha value is -1.75. The lowest BCUT2D eigenvalue weighted by atomic mass is 10.1. The Morgan fingerprint density at radius 2 is 2.20 bits per heavy atom. The number of rotatable bonds is 4. The number of nitrogens with one attached hydrogen (secondary N) is 1. The van der Waals surface area contributed by atoms with Gasteiger partial charge in [-0.05, 0) is 43.4 Å². The Morgan fingerprint density at radius 3 is 2.90 bits per heavy atom. The average molecular weight is 276 g/mol. The molecule has 1 aliphatic carbocycles. The highest BCUT2D eigenvalue weighted by Crippen LogP contribution is 2.38. The van der Waals surface area contributed by atoms with Crippen molar-refractivity contribution in [1.29, 1.82) is 0 Å². The van der Waals surface area contributed by atoms with Crippen molar-refractivity contribution < 1.29 is 14.3 Å². The van der Waals surface area contributed by atoms with Gasteiger partial charge in [0.25, 0.3) is 5.91 Å². The van der Waals surface area contributed by atoms with Crippen molar-refractivity contribution in [2.75, 3.05) is 19.5 Å². The van der Waals surface area contributed by atoms with Gasteiger partial charge in [0.2, 0.25) is 0 Å². The maximum absolute atomic E-state index is 12.4. The maximum Gasteiger partial charge on any atom is 0.253 e. The maximum atomic E-state index is 12.4.